The molecule has 0 N–H and O–H groups in total. The van der Waals surface area contributed by atoms with Crippen molar-refractivity contribution in [3.8, 4) is 28.5 Å². The summed E-state index contributed by atoms with van der Waals surface area (Å²) in [5, 5.41) is 15.7. The molecule has 0 saturated heterocycles. The van der Waals surface area contributed by atoms with Gasteiger partial charge in [-0.05, 0) is 87.6 Å². The molecular weight excluding hydrogens is 734 g/mol. The van der Waals surface area contributed by atoms with Gasteiger partial charge in [0.2, 0.25) is 5.82 Å². The largest absolute Gasteiger partial charge is 0.488 e. The number of rotatable bonds is 10. The van der Waals surface area contributed by atoms with Crippen LogP contribution in [0.5, 0.6) is 5.75 Å². The van der Waals surface area contributed by atoms with Crippen molar-refractivity contribution in [1.82, 2.24) is 25.2 Å². The van der Waals surface area contributed by atoms with E-state index in [1.54, 1.807) is 4.80 Å². The van der Waals surface area contributed by atoms with Gasteiger partial charge in [0.15, 0.2) is 5.54 Å². The van der Waals surface area contributed by atoms with Crippen LogP contribution in [0.15, 0.2) is 148 Å². The van der Waals surface area contributed by atoms with Crippen LogP contribution in [0.2, 0.25) is 0 Å². The van der Waals surface area contributed by atoms with Crippen LogP contribution >= 0.6 is 15.9 Å². The molecule has 0 amide bonds. The number of nitrogens with zero attached hydrogens (tertiary/aromatic N) is 5. The molecule has 5 aromatic carbocycles. The van der Waals surface area contributed by atoms with Crippen molar-refractivity contribution in [2.24, 2.45) is 0 Å². The number of hydrogen-bond donors (Lipinski definition) is 0. The standard InChI is InChI=1S/C46H38BrN5O2/c1-2-35-29-42(38-24-14-15-25-40(38)48-35)53-30-31-26-27-41-39(28-31)43(47)44(54-41)36-22-12-13-23-37(36)45-49-51-52(50-45)46(32-16-6-3-7-17-32,33-18-8-4-9-19-33)34-20-10-5-11-21-34/h3-13,16-23,26-29H,2,14-15,24-25,30H2,1H3. The molecule has 3 heterocycles. The highest BCUT2D eigenvalue weighted by atomic mass is 79.9. The summed E-state index contributed by atoms with van der Waals surface area (Å²) >= 11 is 3.92. The summed E-state index contributed by atoms with van der Waals surface area (Å²) in [7, 11) is 0. The average Bonchev–Trinajstić information content (AvgIpc) is 3.86. The lowest BCUT2D eigenvalue weighted by atomic mass is 9.77. The number of halogens is 1. The third-order valence-corrected chi connectivity index (χ3v) is 11.2. The third-order valence-electron chi connectivity index (χ3n) is 10.5. The summed E-state index contributed by atoms with van der Waals surface area (Å²) in [5.41, 5.74) is 9.25. The Kier molecular flexibility index (Phi) is 9.13. The van der Waals surface area contributed by atoms with E-state index in [2.05, 4.69) is 77.5 Å². The molecule has 0 radical (unpaired) electrons. The van der Waals surface area contributed by atoms with Crippen molar-refractivity contribution in [2.75, 3.05) is 0 Å². The van der Waals surface area contributed by atoms with Crippen molar-refractivity contribution in [3.63, 3.8) is 0 Å². The monoisotopic (exact) mass is 771 g/mol. The molecule has 3 aromatic heterocycles. The van der Waals surface area contributed by atoms with Gasteiger partial charge < -0.3 is 9.15 Å². The minimum Gasteiger partial charge on any atom is -0.488 e. The minimum absolute atomic E-state index is 0.456. The number of tetrazole rings is 1. The van der Waals surface area contributed by atoms with Crippen LogP contribution in [0, 0.1) is 0 Å². The van der Waals surface area contributed by atoms with Gasteiger partial charge in [-0.3, -0.25) is 4.98 Å². The molecule has 0 unspecified atom stereocenters. The molecule has 0 saturated carbocycles. The van der Waals surface area contributed by atoms with Crippen LogP contribution in [0.3, 0.4) is 0 Å². The molecule has 0 fully saturated rings. The molecule has 0 aliphatic heterocycles. The van der Waals surface area contributed by atoms with E-state index in [0.29, 0.717) is 18.2 Å². The highest BCUT2D eigenvalue weighted by Gasteiger charge is 2.41. The number of furan rings is 1. The van der Waals surface area contributed by atoms with E-state index in [9.17, 15) is 0 Å². The Morgan fingerprint density at radius 3 is 2.04 bits per heavy atom. The van der Waals surface area contributed by atoms with Gasteiger partial charge in [0.1, 0.15) is 23.7 Å². The predicted octanol–water partition coefficient (Wildman–Crippen LogP) is 10.8. The van der Waals surface area contributed by atoms with E-state index in [1.807, 2.05) is 84.9 Å². The van der Waals surface area contributed by atoms with E-state index in [1.165, 1.54) is 24.1 Å². The first-order valence-corrected chi connectivity index (χ1v) is 19.3. The van der Waals surface area contributed by atoms with Gasteiger partial charge in [-0.2, -0.15) is 0 Å². The smallest absolute Gasteiger partial charge is 0.205 e. The first-order valence-electron chi connectivity index (χ1n) is 18.6. The number of ether oxygens (including phenoxy) is 1. The quantitative estimate of drug-likeness (QED) is 0.129. The molecule has 0 spiro atoms. The minimum atomic E-state index is -0.879. The van der Waals surface area contributed by atoms with E-state index in [-0.39, 0.29) is 0 Å². The summed E-state index contributed by atoms with van der Waals surface area (Å²) in [5.74, 6) is 2.16. The predicted molar refractivity (Wildman–Crippen MR) is 215 cm³/mol. The fourth-order valence-corrected chi connectivity index (χ4v) is 8.40. The number of aryl methyl sites for hydroxylation is 2. The fraction of sp³-hybridized carbons (Fsp3) is 0.174. The van der Waals surface area contributed by atoms with Crippen LogP contribution in [0.4, 0.5) is 0 Å². The van der Waals surface area contributed by atoms with Crippen LogP contribution in [-0.2, 0) is 31.4 Å². The van der Waals surface area contributed by atoms with Gasteiger partial charge in [0.25, 0.3) is 0 Å². The average molecular weight is 773 g/mol. The van der Waals surface area contributed by atoms with Crippen molar-refractivity contribution < 1.29 is 9.15 Å². The fourth-order valence-electron chi connectivity index (χ4n) is 7.80. The number of pyridine rings is 1. The molecule has 0 atom stereocenters. The van der Waals surface area contributed by atoms with E-state index in [4.69, 9.17) is 29.5 Å². The lowest BCUT2D eigenvalue weighted by Gasteiger charge is -2.34. The lowest BCUT2D eigenvalue weighted by molar-refractivity contribution is 0.300. The molecule has 8 heteroatoms. The molecule has 8 aromatic rings. The van der Waals surface area contributed by atoms with Gasteiger partial charge in [-0.25, -0.2) is 0 Å². The Balaban J connectivity index is 1.09. The van der Waals surface area contributed by atoms with Crippen LogP contribution < -0.4 is 4.74 Å². The Hall–Kier alpha value is -5.86. The maximum Gasteiger partial charge on any atom is 0.205 e. The Morgan fingerprint density at radius 1 is 0.741 bits per heavy atom. The van der Waals surface area contributed by atoms with Crippen LogP contribution in [-0.4, -0.2) is 25.2 Å². The van der Waals surface area contributed by atoms with Gasteiger partial charge >= 0.3 is 0 Å². The first-order chi connectivity index (χ1) is 26.6. The molecule has 9 rings (SSSR count). The molecular formula is C46H38BrN5O2. The number of benzene rings is 5. The zero-order valence-electron chi connectivity index (χ0n) is 30.0. The number of hydrogen-bond acceptors (Lipinski definition) is 6. The van der Waals surface area contributed by atoms with Crippen LogP contribution in [0.25, 0.3) is 33.7 Å². The van der Waals surface area contributed by atoms with E-state index in [0.717, 1.165) is 79.5 Å². The summed E-state index contributed by atoms with van der Waals surface area (Å²) in [4.78, 5) is 6.65. The molecule has 54 heavy (non-hydrogen) atoms. The van der Waals surface area contributed by atoms with Gasteiger partial charge in [0, 0.05) is 39.5 Å². The van der Waals surface area contributed by atoms with Crippen molar-refractivity contribution >= 4 is 26.9 Å². The normalized spacial score (nSPS) is 12.9. The molecule has 1 aliphatic carbocycles. The summed E-state index contributed by atoms with van der Waals surface area (Å²) in [6.07, 6.45) is 5.30. The van der Waals surface area contributed by atoms with Crippen molar-refractivity contribution in [1.29, 1.82) is 0 Å². The molecule has 0 bridgehead atoms. The summed E-state index contributed by atoms with van der Waals surface area (Å²) in [6, 6.07) is 47.5. The van der Waals surface area contributed by atoms with Gasteiger partial charge in [-0.1, -0.05) is 128 Å². The highest BCUT2D eigenvalue weighted by Crippen LogP contribution is 2.43. The first kappa shape index (κ1) is 33.9. The second-order valence-corrected chi connectivity index (χ2v) is 14.5. The zero-order valence-corrected chi connectivity index (χ0v) is 31.5. The van der Waals surface area contributed by atoms with Crippen molar-refractivity contribution in [3.05, 3.63) is 183 Å². The van der Waals surface area contributed by atoms with Gasteiger partial charge in [-0.15, -0.1) is 15.0 Å². The molecule has 7 nitrogen and oxygen atoms in total. The van der Waals surface area contributed by atoms with E-state index < -0.39 is 5.54 Å². The van der Waals surface area contributed by atoms with Crippen LogP contribution in [0.1, 0.15) is 59.0 Å². The van der Waals surface area contributed by atoms with Crippen molar-refractivity contribution in [2.45, 2.75) is 51.2 Å². The number of aromatic nitrogens is 5. The molecule has 266 valence electrons. The third kappa shape index (κ3) is 6.00. The highest BCUT2D eigenvalue weighted by molar-refractivity contribution is 9.10. The summed E-state index contributed by atoms with van der Waals surface area (Å²) in [6.45, 7) is 2.60. The second-order valence-electron chi connectivity index (χ2n) is 13.7. The Bertz CT molecular complexity index is 2470. The summed E-state index contributed by atoms with van der Waals surface area (Å²) < 4.78 is 13.9. The SMILES string of the molecule is CCc1cc(OCc2ccc3oc(-c4ccccc4-c4nnn(C(c5ccccc5)(c5ccccc5)c5ccccc5)n4)c(Br)c3c2)c2c(n1)CCCC2. The topological polar surface area (TPSA) is 78.9 Å². The Labute approximate surface area is 322 Å². The maximum absolute atomic E-state index is 6.57. The maximum atomic E-state index is 6.57. The van der Waals surface area contributed by atoms with Gasteiger partial charge in [0.05, 0.1) is 4.47 Å². The lowest BCUT2D eigenvalue weighted by Crippen LogP contribution is -2.39. The van der Waals surface area contributed by atoms with E-state index >= 15 is 0 Å². The number of fused-ring (bicyclic) bond motifs is 2. The molecule has 1 aliphatic rings. The Morgan fingerprint density at radius 2 is 1.37 bits per heavy atom. The zero-order chi connectivity index (χ0) is 36.5. The second kappa shape index (κ2) is 14.5.